The number of nitrogens with zero attached hydrogens (tertiary/aromatic N) is 5. The molecule has 1 saturated heterocycles. The Balaban J connectivity index is 1.55. The van der Waals surface area contributed by atoms with E-state index in [0.29, 0.717) is 44.2 Å². The third-order valence-corrected chi connectivity index (χ3v) is 6.97. The largest absolute Gasteiger partial charge is 0.351 e. The molecule has 9 nitrogen and oxygen atoms in total. The highest BCUT2D eigenvalue weighted by atomic mass is 32.2. The van der Waals surface area contributed by atoms with E-state index in [1.807, 2.05) is 16.8 Å². The van der Waals surface area contributed by atoms with E-state index in [2.05, 4.69) is 15.3 Å². The van der Waals surface area contributed by atoms with E-state index >= 15 is 0 Å². The summed E-state index contributed by atoms with van der Waals surface area (Å²) in [5, 5.41) is 7.14. The Kier molecular flexibility index (Phi) is 4.98. The quantitative estimate of drug-likeness (QED) is 0.810. The van der Waals surface area contributed by atoms with Crippen LogP contribution in [0.3, 0.4) is 0 Å². The zero-order valence-electron chi connectivity index (χ0n) is 15.7. The molecule has 1 fully saturated rings. The first-order chi connectivity index (χ1) is 13.3. The Bertz CT molecular complexity index is 971. The van der Waals surface area contributed by atoms with Crippen molar-refractivity contribution >= 4 is 44.8 Å². The van der Waals surface area contributed by atoms with E-state index < -0.39 is 10.0 Å². The molecule has 1 N–H and O–H groups in total. The smallest absolute Gasteiger partial charge is 0.330 e. The lowest BCUT2D eigenvalue weighted by Gasteiger charge is -2.34. The number of nitrogens with one attached hydrogen (secondary N) is 1. The number of thiophene rings is 1. The number of hydrogen-bond donors (Lipinski definition) is 1. The zero-order valence-corrected chi connectivity index (χ0v) is 17.3. The van der Waals surface area contributed by atoms with E-state index in [9.17, 15) is 13.2 Å². The number of anilines is 3. The molecule has 28 heavy (non-hydrogen) atoms. The van der Waals surface area contributed by atoms with Gasteiger partial charge in [-0.15, -0.1) is 0 Å². The number of carbonyl (C=O) groups is 1. The van der Waals surface area contributed by atoms with Crippen LogP contribution in [-0.4, -0.2) is 66.1 Å². The van der Waals surface area contributed by atoms with E-state index in [1.165, 1.54) is 21.9 Å². The Labute approximate surface area is 168 Å². The lowest BCUT2D eigenvalue weighted by atomic mass is 10.1. The van der Waals surface area contributed by atoms with Crippen molar-refractivity contribution in [3.8, 4) is 0 Å². The second-order valence-electron chi connectivity index (χ2n) is 7.08. The molecule has 2 aromatic heterocycles. The van der Waals surface area contributed by atoms with E-state index in [0.717, 1.165) is 11.3 Å². The standard InChI is InChI=1S/C17H22N6O3S2/c1-21-10-12-9-18-16(19-13-3-6-22(7-4-13)28(2,25)26)20-15(12)23(17(21)24)14-5-8-27-11-14/h5,8-9,11,13H,3-4,6-7,10H2,1-2H3,(H,18,19,20). The van der Waals surface area contributed by atoms with Crippen molar-refractivity contribution in [2.45, 2.75) is 25.4 Å². The van der Waals surface area contributed by atoms with Crippen LogP contribution in [-0.2, 0) is 16.6 Å². The third kappa shape index (κ3) is 3.69. The summed E-state index contributed by atoms with van der Waals surface area (Å²) in [7, 11) is -1.40. The van der Waals surface area contributed by atoms with Gasteiger partial charge in [0.25, 0.3) is 0 Å². The molecule has 0 unspecified atom stereocenters. The number of rotatable bonds is 4. The molecule has 4 heterocycles. The number of aromatic nitrogens is 2. The third-order valence-electron chi connectivity index (χ3n) is 5.00. The van der Waals surface area contributed by atoms with Crippen LogP contribution >= 0.6 is 11.3 Å². The van der Waals surface area contributed by atoms with Gasteiger partial charge in [-0.3, -0.25) is 0 Å². The molecule has 0 bridgehead atoms. The number of hydrogen-bond acceptors (Lipinski definition) is 7. The van der Waals surface area contributed by atoms with Crippen LogP contribution in [0.4, 0.5) is 22.2 Å². The zero-order chi connectivity index (χ0) is 19.9. The molecule has 4 rings (SSSR count). The van der Waals surface area contributed by atoms with Crippen LogP contribution in [0.2, 0.25) is 0 Å². The van der Waals surface area contributed by atoms with Crippen molar-refractivity contribution in [3.05, 3.63) is 28.6 Å². The molecular weight excluding hydrogens is 400 g/mol. The average Bonchev–Trinajstić information content (AvgIpc) is 3.17. The minimum Gasteiger partial charge on any atom is -0.351 e. The van der Waals surface area contributed by atoms with Gasteiger partial charge in [0.1, 0.15) is 0 Å². The predicted octanol–water partition coefficient (Wildman–Crippen LogP) is 2.08. The summed E-state index contributed by atoms with van der Waals surface area (Å²) in [6, 6.07) is 1.85. The Morgan fingerprint density at radius 2 is 2.04 bits per heavy atom. The van der Waals surface area contributed by atoms with Crippen LogP contribution in [0.25, 0.3) is 0 Å². The van der Waals surface area contributed by atoms with Gasteiger partial charge in [0.15, 0.2) is 5.82 Å². The lowest BCUT2D eigenvalue weighted by molar-refractivity contribution is 0.213. The van der Waals surface area contributed by atoms with Crippen molar-refractivity contribution in [3.63, 3.8) is 0 Å². The van der Waals surface area contributed by atoms with Gasteiger partial charge in [0.05, 0.1) is 18.5 Å². The van der Waals surface area contributed by atoms with Gasteiger partial charge in [-0.2, -0.15) is 16.3 Å². The first-order valence-electron chi connectivity index (χ1n) is 8.98. The molecule has 0 atom stereocenters. The summed E-state index contributed by atoms with van der Waals surface area (Å²) in [5.74, 6) is 1.04. The molecule has 0 aromatic carbocycles. The number of carbonyl (C=O) groups excluding carboxylic acids is 1. The summed E-state index contributed by atoms with van der Waals surface area (Å²) in [4.78, 5) is 25.0. The molecule has 150 valence electrons. The Morgan fingerprint density at radius 3 is 2.68 bits per heavy atom. The van der Waals surface area contributed by atoms with Crippen molar-refractivity contribution in [1.29, 1.82) is 0 Å². The summed E-state index contributed by atoms with van der Waals surface area (Å²) in [6.07, 6.45) is 4.35. The number of amides is 2. The first-order valence-corrected chi connectivity index (χ1v) is 11.8. The maximum Gasteiger partial charge on any atom is 0.330 e. The molecular formula is C17H22N6O3S2. The highest BCUT2D eigenvalue weighted by Crippen LogP contribution is 2.34. The fourth-order valence-corrected chi connectivity index (χ4v) is 4.98. The van der Waals surface area contributed by atoms with Gasteiger partial charge >= 0.3 is 6.03 Å². The van der Waals surface area contributed by atoms with E-state index in [4.69, 9.17) is 0 Å². The minimum atomic E-state index is -3.15. The fraction of sp³-hybridized carbons (Fsp3) is 0.471. The minimum absolute atomic E-state index is 0.0904. The topological polar surface area (TPSA) is 98.7 Å². The van der Waals surface area contributed by atoms with Crippen molar-refractivity contribution in [2.75, 3.05) is 36.6 Å². The Hall–Kier alpha value is -2.24. The SMILES string of the molecule is CN1Cc2cnc(NC3CCN(S(C)(=O)=O)CC3)nc2N(c2ccsc2)C1=O. The first kappa shape index (κ1) is 19.1. The summed E-state index contributed by atoms with van der Waals surface area (Å²) in [5.41, 5.74) is 1.67. The van der Waals surface area contributed by atoms with E-state index in [1.54, 1.807) is 23.0 Å². The molecule has 11 heteroatoms. The monoisotopic (exact) mass is 422 g/mol. The average molecular weight is 423 g/mol. The molecule has 0 aliphatic carbocycles. The predicted molar refractivity (Wildman–Crippen MR) is 108 cm³/mol. The van der Waals surface area contributed by atoms with Gasteiger partial charge < -0.3 is 10.2 Å². The molecule has 0 saturated carbocycles. The summed E-state index contributed by atoms with van der Waals surface area (Å²) >= 11 is 1.52. The van der Waals surface area contributed by atoms with Crippen molar-refractivity contribution in [2.24, 2.45) is 0 Å². The van der Waals surface area contributed by atoms with Gasteiger partial charge in [-0.05, 0) is 24.3 Å². The summed E-state index contributed by atoms with van der Waals surface area (Å²) in [6.45, 7) is 1.42. The highest BCUT2D eigenvalue weighted by Gasteiger charge is 2.32. The van der Waals surface area contributed by atoms with Gasteiger partial charge in [0.2, 0.25) is 16.0 Å². The molecule has 2 aliphatic rings. The van der Waals surface area contributed by atoms with E-state index in [-0.39, 0.29) is 12.1 Å². The second kappa shape index (κ2) is 7.30. The lowest BCUT2D eigenvalue weighted by Crippen LogP contribution is -2.43. The number of urea groups is 1. The van der Waals surface area contributed by atoms with Crippen LogP contribution in [0.5, 0.6) is 0 Å². The number of piperidine rings is 1. The van der Waals surface area contributed by atoms with Gasteiger partial charge in [-0.1, -0.05) is 0 Å². The van der Waals surface area contributed by atoms with Crippen LogP contribution in [0.1, 0.15) is 18.4 Å². The normalized spacial score (nSPS) is 19.0. The Morgan fingerprint density at radius 1 is 1.29 bits per heavy atom. The molecule has 2 amide bonds. The molecule has 0 radical (unpaired) electrons. The maximum absolute atomic E-state index is 12.7. The maximum atomic E-state index is 12.7. The highest BCUT2D eigenvalue weighted by molar-refractivity contribution is 7.88. The summed E-state index contributed by atoms with van der Waals surface area (Å²) < 4.78 is 24.8. The van der Waals surface area contributed by atoms with Gasteiger partial charge in [0, 0.05) is 43.3 Å². The second-order valence-corrected chi connectivity index (χ2v) is 9.84. The number of sulfonamides is 1. The van der Waals surface area contributed by atoms with Crippen LogP contribution in [0, 0.1) is 0 Å². The molecule has 2 aliphatic heterocycles. The molecule has 2 aromatic rings. The fourth-order valence-electron chi connectivity index (χ4n) is 3.49. The van der Waals surface area contributed by atoms with Crippen LogP contribution in [0.15, 0.2) is 23.0 Å². The van der Waals surface area contributed by atoms with Gasteiger partial charge in [-0.25, -0.2) is 27.4 Å². The molecule has 0 spiro atoms. The number of fused-ring (bicyclic) bond motifs is 1. The van der Waals surface area contributed by atoms with Crippen molar-refractivity contribution < 1.29 is 13.2 Å². The van der Waals surface area contributed by atoms with Crippen molar-refractivity contribution in [1.82, 2.24) is 19.2 Å². The van der Waals surface area contributed by atoms with Crippen LogP contribution < -0.4 is 10.2 Å².